The number of rotatable bonds is 20. The van der Waals surface area contributed by atoms with Crippen LogP contribution in [0.25, 0.3) is 5.32 Å². The zero-order chi connectivity index (χ0) is 58.6. The van der Waals surface area contributed by atoms with Gasteiger partial charge in [0, 0.05) is 84.1 Å². The average molecular weight is 1130 g/mol. The summed E-state index contributed by atoms with van der Waals surface area (Å²) in [5.41, 5.74) is 5.53. The number of carbonyl (C=O) groups excluding carboxylic acids is 7. The number of amides is 1. The Hall–Kier alpha value is -6.43. The smallest absolute Gasteiger partial charge is 0.682 e. The summed E-state index contributed by atoms with van der Waals surface area (Å²) in [6, 6.07) is -0.937. The van der Waals surface area contributed by atoms with Crippen LogP contribution in [0.2, 0.25) is 0 Å². The summed E-state index contributed by atoms with van der Waals surface area (Å²) in [4.78, 5) is 111. The van der Waals surface area contributed by atoms with Gasteiger partial charge in [0.05, 0.1) is 90.4 Å². The average Bonchev–Trinajstić information content (AvgIpc) is 4.08. The maximum atomic E-state index is 14.0. The van der Waals surface area contributed by atoms with E-state index in [-0.39, 0.29) is 112 Å². The Morgan fingerprint density at radius 1 is 0.628 bits per heavy atom. The molecule has 23 heteroatoms. The molecule has 0 saturated carbocycles. The van der Waals surface area contributed by atoms with Crippen molar-refractivity contribution in [1.82, 2.24) is 5.32 Å². The number of carbonyl (C=O) groups is 7. The monoisotopic (exact) mass is 1130 g/mol. The quantitative estimate of drug-likeness (QED) is 0.0744. The van der Waals surface area contributed by atoms with E-state index < -0.39 is 92.7 Å². The van der Waals surface area contributed by atoms with Gasteiger partial charge in [-0.3, -0.25) is 48.5 Å². The van der Waals surface area contributed by atoms with Gasteiger partial charge in [-0.2, -0.15) is 5.70 Å². The van der Waals surface area contributed by atoms with Gasteiger partial charge in [-0.1, -0.05) is 40.7 Å². The Bertz CT molecular complexity index is 2540. The predicted molar refractivity (Wildman–Crippen MR) is 279 cm³/mol. The number of hydrogen-bond acceptors (Lipinski definition) is 20. The maximum Gasteiger partial charge on any atom is 3.00 e. The van der Waals surface area contributed by atoms with Crippen LogP contribution in [0.1, 0.15) is 126 Å². The first-order chi connectivity index (χ1) is 36.2. The van der Waals surface area contributed by atoms with Crippen molar-refractivity contribution in [1.29, 1.82) is 10.5 Å². The molecule has 0 aromatic carbocycles. The molecule has 1 unspecified atom stereocenters. The second-order valence-corrected chi connectivity index (χ2v) is 21.4. The molecule has 0 aromatic rings. The van der Waals surface area contributed by atoms with Crippen molar-refractivity contribution in [2.45, 2.75) is 138 Å². The molecule has 0 aliphatic carbocycles. The third-order valence-electron chi connectivity index (χ3n) is 17.1. The number of aliphatic imine (C=N–C) groups is 3. The van der Waals surface area contributed by atoms with Gasteiger partial charge < -0.3 is 73.6 Å². The van der Waals surface area contributed by atoms with Crippen LogP contribution in [0, 0.1) is 69.0 Å². The number of ether oxygens (including phenoxy) is 6. The minimum atomic E-state index is -1.43. The van der Waals surface area contributed by atoms with E-state index in [0.717, 1.165) is 0 Å². The summed E-state index contributed by atoms with van der Waals surface area (Å²) in [6.07, 6.45) is -0.207. The minimum absolute atomic E-state index is 0. The van der Waals surface area contributed by atoms with E-state index in [1.54, 1.807) is 0 Å². The zero-order valence-electron chi connectivity index (χ0n) is 47.4. The van der Waals surface area contributed by atoms with Crippen LogP contribution in [0.15, 0.2) is 48.9 Å². The van der Waals surface area contributed by atoms with Crippen LogP contribution in [0.3, 0.4) is 0 Å². The largest absolute Gasteiger partial charge is 3.00 e. The summed E-state index contributed by atoms with van der Waals surface area (Å²) in [5.74, 6) is -6.25. The number of allylic oxidation sites excluding steroid dienone is 6. The SMILES string of the molecule is COC(=O)CC[C@@H]1C2=NC(=C(/N)C3=N/C(=C(/C)C4=N[C@@](C)(C5[N-]/C(=C\2C)[C@](C)(CCC(=O)OC)[C@H]5CC(=O)OC)[C@@](C)(CC(=O)OC)[C@@H]4CCC(=O)OC)[C@@](C)(CC(=O)OC)[C@@H]3CCC(=O)NCCO)/C1(C)C.[C-]#N.[C-]#N.[Co+3]. The van der Waals surface area contributed by atoms with Gasteiger partial charge in [0.15, 0.2) is 0 Å². The Morgan fingerprint density at radius 3 is 1.64 bits per heavy atom. The Morgan fingerprint density at radius 2 is 1.12 bits per heavy atom. The molecule has 5 rings (SSSR count). The van der Waals surface area contributed by atoms with Crippen LogP contribution in [-0.4, -0.2) is 131 Å². The molecule has 0 radical (unpaired) electrons. The molecule has 0 spiro atoms. The van der Waals surface area contributed by atoms with Gasteiger partial charge in [-0.15, -0.1) is 0 Å². The van der Waals surface area contributed by atoms with Crippen LogP contribution in [-0.2, 0) is 78.8 Å². The molecule has 5 aliphatic rings. The van der Waals surface area contributed by atoms with E-state index in [1.807, 2.05) is 55.4 Å². The van der Waals surface area contributed by atoms with Gasteiger partial charge >= 0.3 is 52.6 Å². The summed E-state index contributed by atoms with van der Waals surface area (Å²) < 4.78 is 31.6. The third kappa shape index (κ3) is 13.0. The Labute approximate surface area is 468 Å². The number of aliphatic hydroxyl groups is 1. The fourth-order valence-electron chi connectivity index (χ4n) is 12.6. The summed E-state index contributed by atoms with van der Waals surface area (Å²) in [7, 11) is 7.76. The standard InChI is InChI=1S/C53H78N6O14.2CN.Co/c1-28-42-30(16-19-35(62)68-9)49(3,4)48(56-42)41(54)44-31(15-18-34(61)55-23-24-60)51(6,26-39(66)72-13)46(57-44)29(2)43-32(17-20-36(63)69-10)52(7,27-40(67)73-14)53(8,59-43)47-33(25-38(65)71-12)50(5,45(28)58-47)22-21-37(64)70-11;2*1-2;/h30-33,47,60H,15-27,54H2,1-14H3,(H2,55,56,57,58,59,61);;;/q;2*-1;+3/p-1/t30-,31-,32-,33+,47?,50-,51+,52+,53+;;;/m1.../s1. The summed E-state index contributed by atoms with van der Waals surface area (Å²) in [6.45, 7) is 24.5. The number of esters is 6. The number of nitrogens with two attached hydrogens (primary N) is 1. The van der Waals surface area contributed by atoms with Crippen LogP contribution < -0.4 is 11.1 Å². The Kier molecular flexibility index (Phi) is 24.2. The number of hydrogen-bond donors (Lipinski definition) is 3. The number of aliphatic hydroxyl groups excluding tert-OH is 1. The van der Waals surface area contributed by atoms with Crippen molar-refractivity contribution in [3.8, 4) is 0 Å². The second kappa shape index (κ2) is 27.9. The van der Waals surface area contributed by atoms with Gasteiger partial charge in [0.2, 0.25) is 5.91 Å². The van der Waals surface area contributed by atoms with Gasteiger partial charge in [0.1, 0.15) is 0 Å². The molecule has 1 amide bonds. The number of methoxy groups -OCH3 is 6. The van der Waals surface area contributed by atoms with E-state index in [1.165, 1.54) is 42.7 Å². The zero-order valence-corrected chi connectivity index (χ0v) is 48.5. The van der Waals surface area contributed by atoms with Gasteiger partial charge in [0.25, 0.3) is 0 Å². The molecule has 5 heterocycles. The third-order valence-corrected chi connectivity index (χ3v) is 17.1. The molecule has 22 nitrogen and oxygen atoms in total. The molecule has 1 fully saturated rings. The van der Waals surface area contributed by atoms with Crippen molar-refractivity contribution in [3.63, 3.8) is 0 Å². The van der Waals surface area contributed by atoms with Gasteiger partial charge in [-0.25, -0.2) is 0 Å². The minimum Gasteiger partial charge on any atom is -0.682 e. The summed E-state index contributed by atoms with van der Waals surface area (Å²) in [5, 5.41) is 30.4. The second-order valence-electron chi connectivity index (χ2n) is 21.4. The number of nitrogens with zero attached hydrogens (tertiary/aromatic N) is 6. The van der Waals surface area contributed by atoms with Crippen LogP contribution in [0.5, 0.6) is 0 Å². The molecule has 8 bridgehead atoms. The van der Waals surface area contributed by atoms with Crippen molar-refractivity contribution < 1.29 is 83.9 Å². The van der Waals surface area contributed by atoms with Crippen molar-refractivity contribution >= 4 is 58.9 Å². The van der Waals surface area contributed by atoms with E-state index in [2.05, 4.69) is 5.32 Å². The molecular weight excluding hydrogens is 1060 g/mol. The van der Waals surface area contributed by atoms with Crippen molar-refractivity contribution in [2.24, 2.45) is 66.0 Å². The first-order valence-electron chi connectivity index (χ1n) is 25.4. The first-order valence-corrected chi connectivity index (χ1v) is 25.4. The van der Waals surface area contributed by atoms with Crippen molar-refractivity contribution in [3.05, 3.63) is 52.4 Å². The van der Waals surface area contributed by atoms with E-state index in [4.69, 9.17) is 78.1 Å². The molecule has 1 saturated heterocycles. The maximum absolute atomic E-state index is 14.0. The first kappa shape index (κ1) is 67.7. The fraction of sp³-hybridized carbons (Fsp3) is 0.673. The molecule has 4 N–H and O–H groups in total. The molecular formula is C55H77CoN8O14. The van der Waals surface area contributed by atoms with Crippen LogP contribution in [0.4, 0.5) is 0 Å². The fourth-order valence-corrected chi connectivity index (χ4v) is 12.6. The van der Waals surface area contributed by atoms with E-state index in [9.17, 15) is 38.7 Å². The number of nitrogens with one attached hydrogen (secondary N) is 1. The van der Waals surface area contributed by atoms with E-state index in [0.29, 0.717) is 45.4 Å². The van der Waals surface area contributed by atoms with E-state index >= 15 is 0 Å². The Balaban J connectivity index is 0.00000406. The normalized spacial score (nSPS) is 30.9. The molecule has 9 atom stereocenters. The van der Waals surface area contributed by atoms with Crippen molar-refractivity contribution in [2.75, 3.05) is 55.8 Å². The molecule has 430 valence electrons. The number of fused-ring (bicyclic) bond motifs is 6. The summed E-state index contributed by atoms with van der Waals surface area (Å²) >= 11 is 0. The van der Waals surface area contributed by atoms with Gasteiger partial charge in [-0.05, 0) is 68.9 Å². The predicted octanol–water partition coefficient (Wildman–Crippen LogP) is 5.73. The topological polar surface area (TPSA) is 332 Å². The molecule has 5 aliphatic heterocycles. The van der Waals surface area contributed by atoms with Crippen LogP contribution >= 0.6 is 0 Å². The molecule has 0 aromatic heterocycles. The molecule has 78 heavy (non-hydrogen) atoms.